The Hall–Kier alpha value is -5.62. The quantitative estimate of drug-likeness (QED) is 0.179. The van der Waals surface area contributed by atoms with Gasteiger partial charge in [0.2, 0.25) is 0 Å². The molecule has 8 nitrogen and oxygen atoms in total. The molecule has 1 aliphatic carbocycles. The molecule has 50 heavy (non-hydrogen) atoms. The zero-order valence-corrected chi connectivity index (χ0v) is 26.5. The molecule has 1 amide bonds. The number of anilines is 1. The molecule has 0 unspecified atom stereocenters. The summed E-state index contributed by atoms with van der Waals surface area (Å²) in [6.07, 6.45) is -10.9. The maximum Gasteiger partial charge on any atom is 0.420 e. The van der Waals surface area contributed by atoms with Crippen molar-refractivity contribution in [1.82, 2.24) is 4.57 Å². The fourth-order valence-electron chi connectivity index (χ4n) is 6.14. The van der Waals surface area contributed by atoms with Gasteiger partial charge >= 0.3 is 18.4 Å². The summed E-state index contributed by atoms with van der Waals surface area (Å²) in [5, 5.41) is 11.6. The van der Waals surface area contributed by atoms with Gasteiger partial charge in [0, 0.05) is 34.8 Å². The van der Waals surface area contributed by atoms with E-state index in [2.05, 4.69) is 5.32 Å². The Morgan fingerprint density at radius 3 is 1.94 bits per heavy atom. The van der Waals surface area contributed by atoms with Crippen LogP contribution in [-0.4, -0.2) is 50.2 Å². The second-order valence-electron chi connectivity index (χ2n) is 11.6. The highest BCUT2D eigenvalue weighted by molar-refractivity contribution is 7.90. The largest absolute Gasteiger partial charge is 0.448 e. The van der Waals surface area contributed by atoms with Gasteiger partial charge in [-0.25, -0.2) is 17.8 Å². The number of carbonyl (C=O) groups excluding carboxylic acids is 2. The molecule has 0 atom stereocenters. The third kappa shape index (κ3) is 5.65. The lowest BCUT2D eigenvalue weighted by Gasteiger charge is -2.31. The highest BCUT2D eigenvalue weighted by Gasteiger charge is 2.72. The van der Waals surface area contributed by atoms with Crippen LogP contribution in [0.25, 0.3) is 21.9 Å². The molecule has 0 saturated heterocycles. The number of amides is 1. The van der Waals surface area contributed by atoms with Crippen molar-refractivity contribution in [1.29, 1.82) is 5.26 Å². The third-order valence-electron chi connectivity index (χ3n) is 8.56. The van der Waals surface area contributed by atoms with Crippen LogP contribution < -0.4 is 5.32 Å². The number of fused-ring (bicyclic) bond motifs is 4. The van der Waals surface area contributed by atoms with E-state index in [1.165, 1.54) is 24.4 Å². The van der Waals surface area contributed by atoms with E-state index in [0.717, 1.165) is 45.2 Å². The average Bonchev–Trinajstić information content (AvgIpc) is 3.59. The predicted molar refractivity (Wildman–Crippen MR) is 169 cm³/mol. The topological polar surface area (TPSA) is 118 Å². The number of rotatable bonds is 6. The van der Waals surface area contributed by atoms with Gasteiger partial charge in [-0.15, -0.1) is 0 Å². The smallest absolute Gasteiger partial charge is 0.420 e. The number of hydrogen-bond acceptors (Lipinski definition) is 6. The molecule has 0 aliphatic heterocycles. The van der Waals surface area contributed by atoms with Gasteiger partial charge in [-0.05, 0) is 52.1 Å². The average molecular weight is 712 g/mol. The third-order valence-corrected chi connectivity index (χ3v) is 9.67. The molecule has 0 bridgehead atoms. The maximum atomic E-state index is 13.7. The van der Waals surface area contributed by atoms with Crippen LogP contribution in [0.1, 0.15) is 33.1 Å². The summed E-state index contributed by atoms with van der Waals surface area (Å²) in [5.41, 5.74) is -3.10. The van der Waals surface area contributed by atoms with E-state index in [9.17, 15) is 44.3 Å². The molecule has 1 heterocycles. The van der Waals surface area contributed by atoms with Crippen molar-refractivity contribution in [3.8, 4) is 17.2 Å². The van der Waals surface area contributed by atoms with E-state index in [1.807, 2.05) is 48.5 Å². The van der Waals surface area contributed by atoms with Crippen LogP contribution >= 0.6 is 0 Å². The minimum absolute atomic E-state index is 0.0951. The fraction of sp³-hybridized carbons (Fsp3) is 0.171. The molecule has 0 spiro atoms. The Labute approximate surface area is 280 Å². The molecule has 4 aromatic carbocycles. The van der Waals surface area contributed by atoms with E-state index in [0.29, 0.717) is 18.2 Å². The zero-order valence-electron chi connectivity index (χ0n) is 25.6. The van der Waals surface area contributed by atoms with Crippen LogP contribution in [-0.2, 0) is 20.0 Å². The van der Waals surface area contributed by atoms with Crippen LogP contribution in [0.2, 0.25) is 0 Å². The standard InChI is InChI=1S/C35H23F6N3O5S/c1-50(47,48)23-14-15-24-20(16-23)17-44(32(46)49-18-29-27-8-4-2-6-25(27)26-7-3-5-9-28(26)29)30(24)31(45)43-22-12-10-21(11-13-22)33(19-42,34(36,37)38)35(39,40)41/h2-17,29H,18H2,1H3,(H,43,45). The van der Waals surface area contributed by atoms with Crippen molar-refractivity contribution in [2.75, 3.05) is 18.2 Å². The lowest BCUT2D eigenvalue weighted by molar-refractivity contribution is -0.283. The number of halogens is 6. The van der Waals surface area contributed by atoms with Gasteiger partial charge in [0.1, 0.15) is 12.3 Å². The molecule has 5 aromatic rings. The number of aromatic nitrogens is 1. The molecular weight excluding hydrogens is 688 g/mol. The number of hydrogen-bond donors (Lipinski definition) is 1. The van der Waals surface area contributed by atoms with E-state index in [1.54, 1.807) is 0 Å². The molecule has 1 aliphatic rings. The Morgan fingerprint density at radius 1 is 0.860 bits per heavy atom. The van der Waals surface area contributed by atoms with Crippen LogP contribution in [0, 0.1) is 11.3 Å². The lowest BCUT2D eigenvalue weighted by atomic mass is 9.80. The van der Waals surface area contributed by atoms with Crippen molar-refractivity contribution in [3.63, 3.8) is 0 Å². The minimum Gasteiger partial charge on any atom is -0.448 e. The van der Waals surface area contributed by atoms with Gasteiger partial charge in [0.25, 0.3) is 11.3 Å². The highest BCUT2D eigenvalue weighted by atomic mass is 32.2. The molecular formula is C35H23F6N3O5S. The van der Waals surface area contributed by atoms with E-state index in [4.69, 9.17) is 10.00 Å². The van der Waals surface area contributed by atoms with Crippen LogP contribution in [0.3, 0.4) is 0 Å². The van der Waals surface area contributed by atoms with E-state index >= 15 is 0 Å². The first-order valence-corrected chi connectivity index (χ1v) is 16.5. The summed E-state index contributed by atoms with van der Waals surface area (Å²) in [6.45, 7) is -0.141. The number of alkyl halides is 6. The molecule has 0 fully saturated rings. The molecule has 256 valence electrons. The lowest BCUT2D eigenvalue weighted by Crippen LogP contribution is -2.52. The van der Waals surface area contributed by atoms with Crippen molar-refractivity contribution < 1.29 is 49.1 Å². The number of ether oxygens (including phenoxy) is 1. The van der Waals surface area contributed by atoms with Gasteiger partial charge in [-0.2, -0.15) is 31.6 Å². The monoisotopic (exact) mass is 711 g/mol. The number of sulfone groups is 1. The van der Waals surface area contributed by atoms with Crippen molar-refractivity contribution in [2.24, 2.45) is 0 Å². The van der Waals surface area contributed by atoms with Crippen molar-refractivity contribution in [2.45, 2.75) is 28.6 Å². The molecule has 0 saturated carbocycles. The van der Waals surface area contributed by atoms with Crippen molar-refractivity contribution >= 4 is 38.3 Å². The van der Waals surface area contributed by atoms with E-state index < -0.39 is 45.2 Å². The summed E-state index contributed by atoms with van der Waals surface area (Å²) < 4.78 is 113. The maximum absolute atomic E-state index is 13.7. The number of nitriles is 1. The molecule has 1 N–H and O–H groups in total. The summed E-state index contributed by atoms with van der Waals surface area (Å²) in [6, 6.07) is 21.6. The Morgan fingerprint density at radius 2 is 1.42 bits per heavy atom. The van der Waals surface area contributed by atoms with Gasteiger partial charge in [-0.3, -0.25) is 4.79 Å². The second-order valence-corrected chi connectivity index (χ2v) is 13.6. The Balaban J connectivity index is 1.34. The Kier molecular flexibility index (Phi) is 8.26. The van der Waals surface area contributed by atoms with Crippen molar-refractivity contribution in [3.05, 3.63) is 120 Å². The van der Waals surface area contributed by atoms with Gasteiger partial charge in [0.05, 0.1) is 11.0 Å². The molecule has 15 heteroatoms. The summed E-state index contributed by atoms with van der Waals surface area (Å²) in [4.78, 5) is 27.2. The molecule has 1 aromatic heterocycles. The van der Waals surface area contributed by atoms with Crippen LogP contribution in [0.4, 0.5) is 36.8 Å². The highest BCUT2D eigenvalue weighted by Crippen LogP contribution is 2.52. The molecule has 0 radical (unpaired) electrons. The van der Waals surface area contributed by atoms with E-state index in [-0.39, 0.29) is 39.6 Å². The first-order valence-electron chi connectivity index (χ1n) is 14.6. The van der Waals surface area contributed by atoms with Gasteiger partial charge in [-0.1, -0.05) is 66.7 Å². The predicted octanol–water partition coefficient (Wildman–Crippen LogP) is 7.98. The first kappa shape index (κ1) is 34.3. The van der Waals surface area contributed by atoms with Crippen LogP contribution in [0.5, 0.6) is 0 Å². The van der Waals surface area contributed by atoms with Crippen LogP contribution in [0.15, 0.2) is 102 Å². The summed E-state index contributed by atoms with van der Waals surface area (Å²) >= 11 is 0. The second kappa shape index (κ2) is 12.1. The number of carbonyl (C=O) groups is 2. The SMILES string of the molecule is CS(=O)(=O)c1ccc2c(C(=O)Nc3ccc(C(C#N)(C(F)(F)F)C(F)(F)F)cc3)n(C(=O)OCC3c4ccccc4-c4ccccc43)cc2c1. The first-order chi connectivity index (χ1) is 23.5. The number of nitrogens with one attached hydrogen (secondary N) is 1. The normalized spacial score (nSPS) is 13.4. The minimum atomic E-state index is -6.02. The summed E-state index contributed by atoms with van der Waals surface area (Å²) in [5.74, 6) is -1.37. The number of nitrogens with zero attached hydrogens (tertiary/aromatic N) is 2. The zero-order chi connectivity index (χ0) is 36.2. The van der Waals surface area contributed by atoms with Gasteiger partial charge in [0.15, 0.2) is 9.84 Å². The fourth-order valence-corrected chi connectivity index (χ4v) is 6.80. The van der Waals surface area contributed by atoms with Gasteiger partial charge < -0.3 is 10.1 Å². The Bertz CT molecular complexity index is 2260. The summed E-state index contributed by atoms with van der Waals surface area (Å²) in [7, 11) is -3.71. The molecule has 6 rings (SSSR count). The number of benzene rings is 4.